The molecule has 0 bridgehead atoms. The molecule has 2 unspecified atom stereocenters. The van der Waals surface area contributed by atoms with Crippen molar-refractivity contribution in [2.75, 3.05) is 0 Å². The molecule has 76 valence electrons. The number of alkyl halides is 1. The molecule has 1 heteroatoms. The summed E-state index contributed by atoms with van der Waals surface area (Å²) in [6, 6.07) is 6.70. The van der Waals surface area contributed by atoms with Gasteiger partial charge in [-0.3, -0.25) is 0 Å². The molecule has 0 aliphatic heterocycles. The minimum atomic E-state index is 0.224. The first-order chi connectivity index (χ1) is 6.66. The molecular formula is C13H17Cl. The Bertz CT molecular complexity index is 330. The van der Waals surface area contributed by atoms with Crippen molar-refractivity contribution >= 4 is 11.6 Å². The van der Waals surface area contributed by atoms with Gasteiger partial charge < -0.3 is 0 Å². The fourth-order valence-corrected chi connectivity index (χ4v) is 2.74. The molecule has 2 atom stereocenters. The highest BCUT2D eigenvalue weighted by Crippen LogP contribution is 2.36. The zero-order chi connectivity index (χ0) is 10.1. The monoisotopic (exact) mass is 208 g/mol. The number of hydrogen-bond donors (Lipinski definition) is 0. The maximum absolute atomic E-state index is 6.42. The third-order valence-corrected chi connectivity index (χ3v) is 3.57. The summed E-state index contributed by atoms with van der Waals surface area (Å²) in [5.41, 5.74) is 4.15. The van der Waals surface area contributed by atoms with Gasteiger partial charge in [0.15, 0.2) is 0 Å². The Labute approximate surface area is 91.3 Å². The molecule has 1 aliphatic rings. The van der Waals surface area contributed by atoms with Crippen LogP contribution in [0.2, 0.25) is 0 Å². The molecule has 0 amide bonds. The Morgan fingerprint density at radius 1 is 1.36 bits per heavy atom. The van der Waals surface area contributed by atoms with Crippen LogP contribution in [0.4, 0.5) is 0 Å². The first-order valence-electron chi connectivity index (χ1n) is 5.40. The summed E-state index contributed by atoms with van der Waals surface area (Å²) in [5, 5.41) is 0.224. The van der Waals surface area contributed by atoms with Crippen molar-refractivity contribution in [2.45, 2.75) is 38.5 Å². The van der Waals surface area contributed by atoms with Crippen LogP contribution in [-0.4, -0.2) is 0 Å². The Kier molecular flexibility index (Phi) is 2.83. The van der Waals surface area contributed by atoms with Crippen molar-refractivity contribution in [2.24, 2.45) is 5.92 Å². The molecule has 2 rings (SSSR count). The summed E-state index contributed by atoms with van der Waals surface area (Å²) in [7, 11) is 0. The van der Waals surface area contributed by atoms with Crippen LogP contribution in [0, 0.1) is 12.8 Å². The van der Waals surface area contributed by atoms with Crippen molar-refractivity contribution in [1.82, 2.24) is 0 Å². The molecule has 0 saturated heterocycles. The Morgan fingerprint density at radius 2 is 2.14 bits per heavy atom. The normalized spacial score (nSPS) is 26.8. The van der Waals surface area contributed by atoms with Crippen LogP contribution < -0.4 is 0 Å². The Hall–Kier alpha value is -0.490. The van der Waals surface area contributed by atoms with Crippen LogP contribution in [-0.2, 0) is 6.42 Å². The lowest BCUT2D eigenvalue weighted by Crippen LogP contribution is -1.96. The fourth-order valence-electron chi connectivity index (χ4n) is 2.23. The van der Waals surface area contributed by atoms with E-state index in [0.717, 1.165) is 12.3 Å². The first-order valence-corrected chi connectivity index (χ1v) is 5.84. The number of hydrogen-bond acceptors (Lipinski definition) is 0. The number of rotatable bonds is 0. The average Bonchev–Trinajstić information content (AvgIpc) is 2.27. The van der Waals surface area contributed by atoms with E-state index in [1.54, 1.807) is 0 Å². The molecule has 1 aromatic carbocycles. The molecule has 0 nitrogen and oxygen atoms in total. The standard InChI is InChI=1S/C13H17Cl/c1-9-3-5-11-6-4-10(2)8-13(14)12(11)7-9/h3,5,7,10,13H,4,6,8H2,1-2H3. The van der Waals surface area contributed by atoms with E-state index in [1.807, 2.05) is 0 Å². The van der Waals surface area contributed by atoms with Crippen molar-refractivity contribution in [3.63, 3.8) is 0 Å². The van der Waals surface area contributed by atoms with Crippen molar-refractivity contribution in [3.05, 3.63) is 34.9 Å². The van der Waals surface area contributed by atoms with Crippen LogP contribution in [0.3, 0.4) is 0 Å². The van der Waals surface area contributed by atoms with Gasteiger partial charge in [-0.15, -0.1) is 11.6 Å². The van der Waals surface area contributed by atoms with E-state index in [9.17, 15) is 0 Å². The molecule has 1 aliphatic carbocycles. The highest BCUT2D eigenvalue weighted by atomic mass is 35.5. The summed E-state index contributed by atoms with van der Waals surface area (Å²) in [6.45, 7) is 4.44. The summed E-state index contributed by atoms with van der Waals surface area (Å²) in [4.78, 5) is 0. The van der Waals surface area contributed by atoms with E-state index in [2.05, 4.69) is 32.0 Å². The van der Waals surface area contributed by atoms with Gasteiger partial charge >= 0.3 is 0 Å². The second kappa shape index (κ2) is 3.94. The van der Waals surface area contributed by atoms with Crippen LogP contribution in [0.1, 0.15) is 41.8 Å². The number of benzene rings is 1. The summed E-state index contributed by atoms with van der Waals surface area (Å²) in [6.07, 6.45) is 3.59. The van der Waals surface area contributed by atoms with Gasteiger partial charge in [-0.2, -0.15) is 0 Å². The van der Waals surface area contributed by atoms with Crippen LogP contribution in [0.5, 0.6) is 0 Å². The van der Waals surface area contributed by atoms with Gasteiger partial charge in [0.2, 0.25) is 0 Å². The SMILES string of the molecule is Cc1ccc2c(c1)C(Cl)CC(C)CC2. The van der Waals surface area contributed by atoms with Crippen LogP contribution >= 0.6 is 11.6 Å². The number of aryl methyl sites for hydroxylation is 2. The van der Waals surface area contributed by atoms with Gasteiger partial charge in [0.1, 0.15) is 0 Å². The minimum Gasteiger partial charge on any atom is -0.118 e. The van der Waals surface area contributed by atoms with Gasteiger partial charge in [-0.05, 0) is 43.2 Å². The highest BCUT2D eigenvalue weighted by Gasteiger charge is 2.20. The van der Waals surface area contributed by atoms with E-state index in [1.165, 1.54) is 29.5 Å². The van der Waals surface area contributed by atoms with Crippen molar-refractivity contribution in [3.8, 4) is 0 Å². The quantitative estimate of drug-likeness (QED) is 0.442. The second-order valence-electron chi connectivity index (χ2n) is 4.55. The predicted octanol–water partition coefficient (Wildman–Crippen LogP) is 4.25. The van der Waals surface area contributed by atoms with Gasteiger partial charge in [0.05, 0.1) is 5.38 Å². The average molecular weight is 209 g/mol. The summed E-state index contributed by atoms with van der Waals surface area (Å²) in [5.74, 6) is 0.755. The van der Waals surface area contributed by atoms with E-state index in [0.29, 0.717) is 0 Å². The molecule has 0 radical (unpaired) electrons. The fraction of sp³-hybridized carbons (Fsp3) is 0.538. The zero-order valence-corrected chi connectivity index (χ0v) is 9.64. The second-order valence-corrected chi connectivity index (χ2v) is 5.08. The first kappa shape index (κ1) is 10.0. The number of fused-ring (bicyclic) bond motifs is 1. The van der Waals surface area contributed by atoms with E-state index in [-0.39, 0.29) is 5.38 Å². The molecule has 0 spiro atoms. The Balaban J connectivity index is 2.39. The molecule has 0 N–H and O–H groups in total. The molecule has 1 aromatic rings. The molecule has 0 heterocycles. The molecule has 0 aromatic heterocycles. The topological polar surface area (TPSA) is 0 Å². The zero-order valence-electron chi connectivity index (χ0n) is 8.89. The van der Waals surface area contributed by atoms with Gasteiger partial charge in [-0.25, -0.2) is 0 Å². The van der Waals surface area contributed by atoms with Crippen LogP contribution in [0.25, 0.3) is 0 Å². The number of halogens is 1. The minimum absolute atomic E-state index is 0.224. The molecular weight excluding hydrogens is 192 g/mol. The summed E-state index contributed by atoms with van der Waals surface area (Å²) >= 11 is 6.42. The predicted molar refractivity (Wildman–Crippen MR) is 61.9 cm³/mol. The molecule has 14 heavy (non-hydrogen) atoms. The largest absolute Gasteiger partial charge is 0.118 e. The third-order valence-electron chi connectivity index (χ3n) is 3.15. The highest BCUT2D eigenvalue weighted by molar-refractivity contribution is 6.20. The Morgan fingerprint density at radius 3 is 2.93 bits per heavy atom. The lowest BCUT2D eigenvalue weighted by atomic mass is 10.0. The van der Waals surface area contributed by atoms with Crippen molar-refractivity contribution < 1.29 is 0 Å². The van der Waals surface area contributed by atoms with Gasteiger partial charge in [0.25, 0.3) is 0 Å². The third kappa shape index (κ3) is 1.95. The summed E-state index contributed by atoms with van der Waals surface area (Å²) < 4.78 is 0. The maximum atomic E-state index is 6.42. The van der Waals surface area contributed by atoms with E-state index in [4.69, 9.17) is 11.6 Å². The lowest BCUT2D eigenvalue weighted by molar-refractivity contribution is 0.503. The maximum Gasteiger partial charge on any atom is 0.0590 e. The lowest BCUT2D eigenvalue weighted by Gasteiger charge is -2.12. The smallest absolute Gasteiger partial charge is 0.0590 e. The van der Waals surface area contributed by atoms with E-state index >= 15 is 0 Å². The van der Waals surface area contributed by atoms with Crippen molar-refractivity contribution in [1.29, 1.82) is 0 Å². The van der Waals surface area contributed by atoms with Gasteiger partial charge in [-0.1, -0.05) is 30.7 Å². The van der Waals surface area contributed by atoms with Gasteiger partial charge in [0, 0.05) is 0 Å². The molecule has 0 saturated carbocycles. The molecule has 0 fully saturated rings. The van der Waals surface area contributed by atoms with E-state index < -0.39 is 0 Å². The van der Waals surface area contributed by atoms with Crippen LogP contribution in [0.15, 0.2) is 18.2 Å².